The summed E-state index contributed by atoms with van der Waals surface area (Å²) in [6.45, 7) is 1.23. The summed E-state index contributed by atoms with van der Waals surface area (Å²) >= 11 is 0. The van der Waals surface area contributed by atoms with Crippen molar-refractivity contribution in [3.63, 3.8) is 0 Å². The molecule has 0 saturated carbocycles. The number of halogens is 3. The van der Waals surface area contributed by atoms with Crippen molar-refractivity contribution in [2.75, 3.05) is 0 Å². The Bertz CT molecular complexity index is 488. The van der Waals surface area contributed by atoms with Gasteiger partial charge >= 0.3 is 12.1 Å². The summed E-state index contributed by atoms with van der Waals surface area (Å²) in [4.78, 5) is 22.2. The molecule has 0 fully saturated rings. The van der Waals surface area contributed by atoms with Crippen molar-refractivity contribution in [3.05, 3.63) is 35.9 Å². The Morgan fingerprint density at radius 1 is 1.32 bits per heavy atom. The molecule has 3 nitrogen and oxygen atoms in total. The lowest BCUT2D eigenvalue weighted by Crippen LogP contribution is -2.30. The summed E-state index contributed by atoms with van der Waals surface area (Å²) < 4.78 is 42.7. The minimum Gasteiger partial charge on any atom is -0.423 e. The van der Waals surface area contributed by atoms with Gasteiger partial charge in [-0.15, -0.1) is 0 Å². The fourth-order valence-corrected chi connectivity index (χ4v) is 1.50. The molecule has 1 unspecified atom stereocenters. The molecular formula is C13H11F3O3. The van der Waals surface area contributed by atoms with E-state index in [2.05, 4.69) is 0 Å². The van der Waals surface area contributed by atoms with Gasteiger partial charge in [0, 0.05) is 0 Å². The minimum atomic E-state index is -4.68. The Labute approximate surface area is 107 Å². The van der Waals surface area contributed by atoms with Gasteiger partial charge in [0.15, 0.2) is 0 Å². The molecule has 0 heterocycles. The summed E-state index contributed by atoms with van der Waals surface area (Å²) in [7, 11) is 0. The van der Waals surface area contributed by atoms with Crippen LogP contribution in [0.2, 0.25) is 0 Å². The topological polar surface area (TPSA) is 43.4 Å². The standard InChI is InChI=1S/C13H11F3O3/c1-2-11(13(14,15)16)10(8-17)12(18)19-9-6-4-3-5-7-9/h3-7,11H,2H2,1H3. The molecule has 1 rings (SSSR count). The summed E-state index contributed by atoms with van der Waals surface area (Å²) in [5.74, 6) is -2.38. The average Bonchev–Trinajstić information content (AvgIpc) is 2.35. The molecule has 0 aliphatic carbocycles. The second-order valence-electron chi connectivity index (χ2n) is 3.72. The van der Waals surface area contributed by atoms with Crippen molar-refractivity contribution < 1.29 is 27.5 Å². The first kappa shape index (κ1) is 15.0. The van der Waals surface area contributed by atoms with Crippen LogP contribution < -0.4 is 4.74 Å². The molecule has 0 spiro atoms. The highest BCUT2D eigenvalue weighted by Crippen LogP contribution is 2.33. The molecule has 6 heteroatoms. The SMILES string of the molecule is CCC(C(=C=O)C(=O)Oc1ccccc1)C(F)(F)F. The number of hydrogen-bond acceptors (Lipinski definition) is 3. The number of ether oxygens (including phenoxy) is 1. The van der Waals surface area contributed by atoms with E-state index in [0.717, 1.165) is 5.94 Å². The zero-order valence-corrected chi connectivity index (χ0v) is 10.0. The number of para-hydroxylation sites is 1. The number of alkyl halides is 3. The van der Waals surface area contributed by atoms with Crippen molar-refractivity contribution in [3.8, 4) is 5.75 Å². The third-order valence-electron chi connectivity index (χ3n) is 2.44. The molecular weight excluding hydrogens is 261 g/mol. The van der Waals surface area contributed by atoms with E-state index in [1.54, 1.807) is 18.2 Å². The van der Waals surface area contributed by atoms with E-state index < -0.39 is 30.1 Å². The number of hydrogen-bond donors (Lipinski definition) is 0. The molecule has 0 aliphatic heterocycles. The van der Waals surface area contributed by atoms with Crippen LogP contribution in [0, 0.1) is 5.92 Å². The van der Waals surface area contributed by atoms with Crippen LogP contribution in [0.3, 0.4) is 0 Å². The summed E-state index contributed by atoms with van der Waals surface area (Å²) in [5.41, 5.74) is -1.04. The van der Waals surface area contributed by atoms with E-state index in [0.29, 0.717) is 0 Å². The van der Waals surface area contributed by atoms with Crippen LogP contribution in [0.25, 0.3) is 0 Å². The highest BCUT2D eigenvalue weighted by atomic mass is 19.4. The van der Waals surface area contributed by atoms with Crippen LogP contribution in [0.15, 0.2) is 35.9 Å². The fraction of sp³-hybridized carbons (Fsp3) is 0.308. The van der Waals surface area contributed by atoms with Gasteiger partial charge in [0.2, 0.25) is 0 Å². The normalized spacial score (nSPS) is 12.4. The maximum atomic E-state index is 12.6. The summed E-state index contributed by atoms with van der Waals surface area (Å²) in [5, 5.41) is 0. The Morgan fingerprint density at radius 2 is 1.89 bits per heavy atom. The number of carbonyl (C=O) groups is 1. The van der Waals surface area contributed by atoms with Gasteiger partial charge < -0.3 is 4.74 Å². The van der Waals surface area contributed by atoms with Gasteiger partial charge in [-0.2, -0.15) is 13.2 Å². The zero-order chi connectivity index (χ0) is 14.5. The third-order valence-corrected chi connectivity index (χ3v) is 2.44. The van der Waals surface area contributed by atoms with Crippen molar-refractivity contribution in [2.24, 2.45) is 5.92 Å². The third kappa shape index (κ3) is 3.96. The molecule has 0 aliphatic rings. The summed E-state index contributed by atoms with van der Waals surface area (Å²) in [6.07, 6.45) is -5.12. The van der Waals surface area contributed by atoms with E-state index in [-0.39, 0.29) is 5.75 Å². The predicted octanol–water partition coefficient (Wildman–Crippen LogP) is 2.94. The Kier molecular flexibility index (Phi) is 4.89. The van der Waals surface area contributed by atoms with Crippen LogP contribution in [-0.4, -0.2) is 18.1 Å². The quantitative estimate of drug-likeness (QED) is 0.366. The first-order valence-corrected chi connectivity index (χ1v) is 5.49. The number of rotatable bonds is 4. The Morgan fingerprint density at radius 3 is 2.32 bits per heavy atom. The second-order valence-corrected chi connectivity index (χ2v) is 3.72. The van der Waals surface area contributed by atoms with Crippen molar-refractivity contribution in [1.82, 2.24) is 0 Å². The predicted molar refractivity (Wildman–Crippen MR) is 61.1 cm³/mol. The van der Waals surface area contributed by atoms with Crippen molar-refractivity contribution in [2.45, 2.75) is 19.5 Å². The molecule has 102 valence electrons. The van der Waals surface area contributed by atoms with Gasteiger partial charge in [0.1, 0.15) is 17.3 Å². The molecule has 19 heavy (non-hydrogen) atoms. The molecule has 0 radical (unpaired) electrons. The Balaban J connectivity index is 2.93. The smallest absolute Gasteiger partial charge is 0.396 e. The van der Waals surface area contributed by atoms with Gasteiger partial charge in [-0.25, -0.2) is 9.59 Å². The average molecular weight is 272 g/mol. The van der Waals surface area contributed by atoms with E-state index in [1.807, 2.05) is 0 Å². The van der Waals surface area contributed by atoms with Gasteiger partial charge in [-0.3, -0.25) is 0 Å². The number of benzene rings is 1. The highest BCUT2D eigenvalue weighted by molar-refractivity contribution is 5.98. The highest BCUT2D eigenvalue weighted by Gasteiger charge is 2.44. The molecule has 0 saturated heterocycles. The lowest BCUT2D eigenvalue weighted by Gasteiger charge is -2.18. The lowest BCUT2D eigenvalue weighted by molar-refractivity contribution is -0.169. The number of carbonyl (C=O) groups excluding carboxylic acids is 2. The molecule has 0 N–H and O–H groups in total. The molecule has 0 amide bonds. The van der Waals surface area contributed by atoms with Crippen LogP contribution >= 0.6 is 0 Å². The van der Waals surface area contributed by atoms with Gasteiger partial charge in [-0.1, -0.05) is 25.1 Å². The molecule has 1 aromatic carbocycles. The largest absolute Gasteiger partial charge is 0.423 e. The first-order chi connectivity index (χ1) is 8.90. The fourth-order valence-electron chi connectivity index (χ4n) is 1.50. The van der Waals surface area contributed by atoms with E-state index in [1.165, 1.54) is 19.1 Å². The Hall–Kier alpha value is -2.07. The minimum absolute atomic E-state index is 0.0669. The van der Waals surface area contributed by atoms with Gasteiger partial charge in [0.05, 0.1) is 5.92 Å². The van der Waals surface area contributed by atoms with Crippen LogP contribution in [-0.2, 0) is 9.59 Å². The van der Waals surface area contributed by atoms with Crippen molar-refractivity contribution >= 4 is 11.9 Å². The summed E-state index contributed by atoms with van der Waals surface area (Å²) in [6, 6.07) is 7.55. The molecule has 0 aromatic heterocycles. The van der Waals surface area contributed by atoms with Crippen molar-refractivity contribution in [1.29, 1.82) is 0 Å². The van der Waals surface area contributed by atoms with Crippen LogP contribution in [0.1, 0.15) is 13.3 Å². The van der Waals surface area contributed by atoms with E-state index in [4.69, 9.17) is 4.74 Å². The second kappa shape index (κ2) is 6.20. The molecule has 1 atom stereocenters. The van der Waals surface area contributed by atoms with Gasteiger partial charge in [0.25, 0.3) is 0 Å². The maximum absolute atomic E-state index is 12.6. The maximum Gasteiger partial charge on any atom is 0.396 e. The molecule has 1 aromatic rings. The molecule has 0 bridgehead atoms. The number of esters is 1. The van der Waals surface area contributed by atoms with E-state index in [9.17, 15) is 22.8 Å². The lowest BCUT2D eigenvalue weighted by atomic mass is 9.97. The first-order valence-electron chi connectivity index (χ1n) is 5.49. The zero-order valence-electron chi connectivity index (χ0n) is 10.0. The monoisotopic (exact) mass is 272 g/mol. The van der Waals surface area contributed by atoms with Gasteiger partial charge in [-0.05, 0) is 18.6 Å². The van der Waals surface area contributed by atoms with E-state index >= 15 is 0 Å². The van der Waals surface area contributed by atoms with Crippen LogP contribution in [0.4, 0.5) is 13.2 Å². The van der Waals surface area contributed by atoms with Crippen LogP contribution in [0.5, 0.6) is 5.75 Å².